The molecule has 6 nitrogen and oxygen atoms in total. The quantitative estimate of drug-likeness (QED) is 0.696. The predicted molar refractivity (Wildman–Crippen MR) is 70.5 cm³/mol. The van der Waals surface area contributed by atoms with E-state index in [1.807, 2.05) is 0 Å². The Hall–Kier alpha value is -0.920. The van der Waals surface area contributed by atoms with Crippen LogP contribution in [0.15, 0.2) is 15.5 Å². The van der Waals surface area contributed by atoms with Crippen LogP contribution in [0.2, 0.25) is 0 Å². The van der Waals surface area contributed by atoms with Gasteiger partial charge in [0.2, 0.25) is 0 Å². The number of aliphatic hydroxyl groups excluding tert-OH is 2. The molecule has 3 N–H and O–H groups in total. The van der Waals surface area contributed by atoms with Crippen LogP contribution in [0.5, 0.6) is 0 Å². The summed E-state index contributed by atoms with van der Waals surface area (Å²) < 4.78 is 1.56. The van der Waals surface area contributed by atoms with Crippen LogP contribution in [-0.4, -0.2) is 39.2 Å². The van der Waals surface area contributed by atoms with Crippen LogP contribution in [0, 0.1) is 5.92 Å². The van der Waals surface area contributed by atoms with Crippen molar-refractivity contribution in [2.45, 2.75) is 25.5 Å². The highest BCUT2D eigenvalue weighted by molar-refractivity contribution is 9.10. The number of hydrogen-bond donors (Lipinski definition) is 3. The maximum absolute atomic E-state index is 11.8. The summed E-state index contributed by atoms with van der Waals surface area (Å²) in [5.74, 6) is 0.388. The minimum absolute atomic E-state index is 0.132. The summed E-state index contributed by atoms with van der Waals surface area (Å²) in [5.41, 5.74) is 0.267. The minimum Gasteiger partial charge on any atom is -0.394 e. The molecular weight excluding hydrogens is 302 g/mol. The Morgan fingerprint density at radius 1 is 1.61 bits per heavy atom. The molecule has 1 heterocycles. The first-order chi connectivity index (χ1) is 8.63. The normalized spacial score (nSPS) is 16.6. The Morgan fingerprint density at radius 3 is 2.94 bits per heavy atom. The van der Waals surface area contributed by atoms with Gasteiger partial charge in [0, 0.05) is 6.54 Å². The third kappa shape index (κ3) is 3.09. The molecule has 1 unspecified atom stereocenters. The van der Waals surface area contributed by atoms with Crippen LogP contribution in [0.4, 0.5) is 5.69 Å². The van der Waals surface area contributed by atoms with E-state index >= 15 is 0 Å². The van der Waals surface area contributed by atoms with E-state index in [2.05, 4.69) is 26.3 Å². The number of hydrogen-bond acceptors (Lipinski definition) is 5. The van der Waals surface area contributed by atoms with Crippen molar-refractivity contribution in [3.8, 4) is 0 Å². The Bertz CT molecular complexity index is 473. The zero-order chi connectivity index (χ0) is 13.1. The van der Waals surface area contributed by atoms with Gasteiger partial charge in [-0.1, -0.05) is 0 Å². The Labute approximate surface area is 113 Å². The second-order valence-electron chi connectivity index (χ2n) is 4.41. The molecule has 7 heteroatoms. The van der Waals surface area contributed by atoms with Crippen LogP contribution in [0.1, 0.15) is 12.8 Å². The van der Waals surface area contributed by atoms with E-state index in [-0.39, 0.29) is 24.8 Å². The number of anilines is 1. The Balaban J connectivity index is 2.04. The highest BCUT2D eigenvalue weighted by atomic mass is 79.9. The number of aliphatic hydroxyl groups is 2. The molecule has 1 aliphatic rings. The molecule has 0 bridgehead atoms. The van der Waals surface area contributed by atoms with Crippen molar-refractivity contribution in [3.63, 3.8) is 0 Å². The van der Waals surface area contributed by atoms with E-state index in [4.69, 9.17) is 5.11 Å². The molecule has 1 aromatic heterocycles. The zero-order valence-electron chi connectivity index (χ0n) is 9.84. The van der Waals surface area contributed by atoms with Crippen molar-refractivity contribution >= 4 is 21.6 Å². The highest BCUT2D eigenvalue weighted by Gasteiger charge is 2.29. The molecule has 0 radical (unpaired) electrons. The lowest BCUT2D eigenvalue weighted by molar-refractivity contribution is 0.164. The van der Waals surface area contributed by atoms with Crippen molar-refractivity contribution in [1.29, 1.82) is 0 Å². The van der Waals surface area contributed by atoms with Crippen LogP contribution in [0.3, 0.4) is 0 Å². The van der Waals surface area contributed by atoms with Gasteiger partial charge in [-0.15, -0.1) is 0 Å². The fourth-order valence-electron chi connectivity index (χ4n) is 1.70. The van der Waals surface area contributed by atoms with Gasteiger partial charge in [0.05, 0.1) is 31.1 Å². The average Bonchev–Trinajstić information content (AvgIpc) is 3.18. The molecule has 0 aliphatic heterocycles. The maximum atomic E-state index is 11.8. The molecule has 18 heavy (non-hydrogen) atoms. The maximum Gasteiger partial charge on any atom is 0.283 e. The van der Waals surface area contributed by atoms with Crippen molar-refractivity contribution < 1.29 is 10.2 Å². The fraction of sp³-hybridized carbons (Fsp3) is 0.636. The van der Waals surface area contributed by atoms with Gasteiger partial charge < -0.3 is 15.5 Å². The van der Waals surface area contributed by atoms with Gasteiger partial charge in [0.25, 0.3) is 5.56 Å². The first-order valence-electron chi connectivity index (χ1n) is 5.92. The molecule has 2 rings (SSSR count). The zero-order valence-corrected chi connectivity index (χ0v) is 11.4. The van der Waals surface area contributed by atoms with E-state index < -0.39 is 0 Å². The van der Waals surface area contributed by atoms with Crippen molar-refractivity contribution in [1.82, 2.24) is 9.78 Å². The van der Waals surface area contributed by atoms with E-state index in [9.17, 15) is 9.90 Å². The third-order valence-corrected chi connectivity index (χ3v) is 3.73. The molecule has 1 saturated carbocycles. The minimum atomic E-state index is -0.378. The summed E-state index contributed by atoms with van der Waals surface area (Å²) in [6.07, 6.45) is 3.28. The van der Waals surface area contributed by atoms with Gasteiger partial charge in [-0.05, 0) is 34.7 Å². The third-order valence-electron chi connectivity index (χ3n) is 2.96. The summed E-state index contributed by atoms with van der Waals surface area (Å²) in [4.78, 5) is 11.8. The monoisotopic (exact) mass is 317 g/mol. The van der Waals surface area contributed by atoms with Gasteiger partial charge in [0.15, 0.2) is 0 Å². The summed E-state index contributed by atoms with van der Waals surface area (Å²) in [6.45, 7) is 0.448. The first-order valence-corrected chi connectivity index (χ1v) is 6.71. The molecule has 0 saturated heterocycles. The van der Waals surface area contributed by atoms with Gasteiger partial charge in [-0.25, -0.2) is 4.68 Å². The highest BCUT2D eigenvalue weighted by Crippen LogP contribution is 2.32. The second-order valence-corrected chi connectivity index (χ2v) is 5.20. The topological polar surface area (TPSA) is 87.4 Å². The Morgan fingerprint density at radius 2 is 2.33 bits per heavy atom. The van der Waals surface area contributed by atoms with E-state index in [1.165, 1.54) is 10.9 Å². The number of nitrogens with zero attached hydrogens (tertiary/aromatic N) is 2. The fourth-order valence-corrected chi connectivity index (χ4v) is 2.15. The molecule has 0 aromatic carbocycles. The molecule has 1 aromatic rings. The molecule has 0 amide bonds. The summed E-state index contributed by atoms with van der Waals surface area (Å²) in [7, 11) is 0. The number of rotatable bonds is 6. The lowest BCUT2D eigenvalue weighted by atomic mass is 10.2. The second kappa shape index (κ2) is 5.81. The largest absolute Gasteiger partial charge is 0.394 e. The number of aromatic nitrogens is 2. The van der Waals surface area contributed by atoms with Gasteiger partial charge in [0.1, 0.15) is 4.47 Å². The molecule has 1 atom stereocenters. The van der Waals surface area contributed by atoms with Crippen LogP contribution >= 0.6 is 15.9 Å². The standard InChI is InChI=1S/C11H16BrN3O3/c12-10-8(13-6-9(17)7-1-2-7)5-14-15(3-4-16)11(10)18/h5,7,9,13,16-17H,1-4,6H2. The predicted octanol–water partition coefficient (Wildman–Crippen LogP) is 0.181. The van der Waals surface area contributed by atoms with Gasteiger partial charge in [-0.2, -0.15) is 5.10 Å². The summed E-state index contributed by atoms with van der Waals surface area (Å²) in [5, 5.41) is 25.5. The molecule has 100 valence electrons. The van der Waals surface area contributed by atoms with Crippen molar-refractivity contribution in [2.75, 3.05) is 18.5 Å². The summed E-state index contributed by atoms with van der Waals surface area (Å²) >= 11 is 3.20. The summed E-state index contributed by atoms with van der Waals surface area (Å²) in [6, 6.07) is 0. The van der Waals surface area contributed by atoms with Gasteiger partial charge in [-0.3, -0.25) is 4.79 Å². The smallest absolute Gasteiger partial charge is 0.283 e. The van der Waals surface area contributed by atoms with E-state index in [0.29, 0.717) is 22.6 Å². The lowest BCUT2D eigenvalue weighted by Gasteiger charge is -2.13. The Kier molecular flexibility index (Phi) is 4.36. The number of nitrogens with one attached hydrogen (secondary N) is 1. The molecule has 1 fully saturated rings. The molecular formula is C11H16BrN3O3. The van der Waals surface area contributed by atoms with Gasteiger partial charge >= 0.3 is 0 Å². The van der Waals surface area contributed by atoms with Crippen molar-refractivity contribution in [3.05, 3.63) is 21.0 Å². The average molecular weight is 318 g/mol. The van der Waals surface area contributed by atoms with Crippen molar-refractivity contribution in [2.24, 2.45) is 5.92 Å². The van der Waals surface area contributed by atoms with Crippen LogP contribution in [0.25, 0.3) is 0 Å². The lowest BCUT2D eigenvalue weighted by Crippen LogP contribution is -2.27. The molecule has 0 spiro atoms. The van der Waals surface area contributed by atoms with E-state index in [1.54, 1.807) is 0 Å². The number of halogens is 1. The van der Waals surface area contributed by atoms with Crippen LogP contribution in [-0.2, 0) is 6.54 Å². The molecule has 1 aliphatic carbocycles. The SMILES string of the molecule is O=c1c(Br)c(NCC(O)C2CC2)cnn1CCO. The van der Waals surface area contributed by atoms with E-state index in [0.717, 1.165) is 12.8 Å². The first kappa shape index (κ1) is 13.5. The van der Waals surface area contributed by atoms with Crippen LogP contribution < -0.4 is 10.9 Å².